The molecule has 0 spiro atoms. The van der Waals surface area contributed by atoms with Crippen LogP contribution in [0.2, 0.25) is 5.02 Å². The van der Waals surface area contributed by atoms with Crippen LogP contribution in [0.15, 0.2) is 29.6 Å². The molecule has 18 heavy (non-hydrogen) atoms. The van der Waals surface area contributed by atoms with Crippen LogP contribution in [0.25, 0.3) is 0 Å². The minimum Gasteiger partial charge on any atom is -0.271 e. The predicted octanol–water partition coefficient (Wildman–Crippen LogP) is 1.89. The van der Waals surface area contributed by atoms with Gasteiger partial charge in [-0.05, 0) is 12.1 Å². The third-order valence-corrected chi connectivity index (χ3v) is 2.89. The van der Waals surface area contributed by atoms with E-state index in [4.69, 9.17) is 11.6 Å². The van der Waals surface area contributed by atoms with E-state index >= 15 is 0 Å². The maximum absolute atomic E-state index is 12.6. The highest BCUT2D eigenvalue weighted by atomic mass is 35.5. The van der Waals surface area contributed by atoms with E-state index in [0.29, 0.717) is 9.90 Å². The van der Waals surface area contributed by atoms with Crippen molar-refractivity contribution in [3.63, 3.8) is 0 Å². The number of amides is 1. The van der Waals surface area contributed by atoms with Crippen LogP contribution in [0.4, 0.5) is 4.39 Å². The first-order valence-corrected chi connectivity index (χ1v) is 6.08. The molecule has 0 fully saturated rings. The molecular weight excluding hydrogens is 279 g/mol. The molecule has 2 aromatic rings. The van der Waals surface area contributed by atoms with Gasteiger partial charge in [-0.3, -0.25) is 9.48 Å². The van der Waals surface area contributed by atoms with E-state index in [-0.39, 0.29) is 17.6 Å². The molecule has 0 saturated heterocycles. The number of carbonyl (C=O) groups excluding carboxylic acids is 1. The van der Waals surface area contributed by atoms with Crippen LogP contribution < -0.4 is 5.43 Å². The van der Waals surface area contributed by atoms with Crippen molar-refractivity contribution in [2.24, 2.45) is 5.10 Å². The molecule has 0 aromatic carbocycles. The van der Waals surface area contributed by atoms with E-state index in [0.717, 1.165) is 11.3 Å². The molecular formula is C10H8ClFN4OS. The number of hydrogen-bond acceptors (Lipinski definition) is 4. The van der Waals surface area contributed by atoms with E-state index in [2.05, 4.69) is 15.6 Å². The first-order valence-electron chi connectivity index (χ1n) is 4.89. The van der Waals surface area contributed by atoms with Gasteiger partial charge in [0.15, 0.2) is 5.13 Å². The molecule has 0 atom stereocenters. The lowest BCUT2D eigenvalue weighted by atomic mass is 10.5. The van der Waals surface area contributed by atoms with Gasteiger partial charge in [0.25, 0.3) is 5.91 Å². The first kappa shape index (κ1) is 12.7. The van der Waals surface area contributed by atoms with E-state index in [1.54, 1.807) is 6.07 Å². The molecule has 0 unspecified atom stereocenters. The van der Waals surface area contributed by atoms with Gasteiger partial charge in [-0.1, -0.05) is 11.6 Å². The SMILES string of the molecule is O=C(Cn1cc(Cl)cn1)N/N=C\c1ccc(F)s1. The summed E-state index contributed by atoms with van der Waals surface area (Å²) >= 11 is 6.60. The van der Waals surface area contributed by atoms with Crippen molar-refractivity contribution in [2.75, 3.05) is 0 Å². The zero-order valence-electron chi connectivity index (χ0n) is 9.01. The van der Waals surface area contributed by atoms with Gasteiger partial charge in [-0.25, -0.2) is 5.43 Å². The first-order chi connectivity index (χ1) is 8.63. The third-order valence-electron chi connectivity index (χ3n) is 1.88. The number of halogens is 2. The minimum atomic E-state index is -0.344. The molecule has 2 aromatic heterocycles. The summed E-state index contributed by atoms with van der Waals surface area (Å²) in [6.07, 6.45) is 4.34. The molecule has 2 heterocycles. The molecule has 0 saturated carbocycles. The fourth-order valence-corrected chi connectivity index (χ4v) is 1.93. The van der Waals surface area contributed by atoms with Crippen molar-refractivity contribution in [2.45, 2.75) is 6.54 Å². The van der Waals surface area contributed by atoms with Gasteiger partial charge >= 0.3 is 0 Å². The average Bonchev–Trinajstić information content (AvgIpc) is 2.88. The molecule has 0 aliphatic carbocycles. The van der Waals surface area contributed by atoms with Crippen LogP contribution in [0.1, 0.15) is 4.88 Å². The second kappa shape index (κ2) is 5.74. The van der Waals surface area contributed by atoms with Crippen LogP contribution in [-0.2, 0) is 11.3 Å². The highest BCUT2D eigenvalue weighted by Gasteiger charge is 2.02. The zero-order valence-corrected chi connectivity index (χ0v) is 10.6. The molecule has 5 nitrogen and oxygen atoms in total. The van der Waals surface area contributed by atoms with Crippen LogP contribution >= 0.6 is 22.9 Å². The van der Waals surface area contributed by atoms with Gasteiger partial charge in [0.1, 0.15) is 6.54 Å². The van der Waals surface area contributed by atoms with Gasteiger partial charge in [-0.2, -0.15) is 14.6 Å². The third kappa shape index (κ3) is 3.64. The standard InChI is InChI=1S/C10H8ClFN4OS/c11-7-3-14-16(5-7)6-10(17)15-13-4-8-1-2-9(12)18-8/h1-5H,6H2,(H,15,17)/b13-4-. The van der Waals surface area contributed by atoms with E-state index < -0.39 is 0 Å². The van der Waals surface area contributed by atoms with E-state index in [1.165, 1.54) is 29.4 Å². The van der Waals surface area contributed by atoms with Gasteiger partial charge in [0.2, 0.25) is 0 Å². The summed E-state index contributed by atoms with van der Waals surface area (Å²) in [7, 11) is 0. The summed E-state index contributed by atoms with van der Waals surface area (Å²) in [5, 5.41) is 7.71. The van der Waals surface area contributed by atoms with Gasteiger partial charge < -0.3 is 0 Å². The van der Waals surface area contributed by atoms with E-state index in [1.807, 2.05) is 0 Å². The lowest BCUT2D eigenvalue weighted by Gasteiger charge is -1.98. The second-order valence-electron chi connectivity index (χ2n) is 3.29. The Balaban J connectivity index is 1.83. The minimum absolute atomic E-state index is 0.0167. The lowest BCUT2D eigenvalue weighted by Crippen LogP contribution is -2.23. The molecule has 8 heteroatoms. The molecule has 1 amide bonds. The Morgan fingerprint density at radius 1 is 1.67 bits per heavy atom. The van der Waals surface area contributed by atoms with Crippen LogP contribution in [-0.4, -0.2) is 21.9 Å². The lowest BCUT2D eigenvalue weighted by molar-refractivity contribution is -0.121. The molecule has 0 radical (unpaired) electrons. The summed E-state index contributed by atoms with van der Waals surface area (Å²) in [4.78, 5) is 12.0. The fourth-order valence-electron chi connectivity index (χ4n) is 1.17. The maximum Gasteiger partial charge on any atom is 0.261 e. The van der Waals surface area contributed by atoms with Crippen molar-refractivity contribution < 1.29 is 9.18 Å². The summed E-state index contributed by atoms with van der Waals surface area (Å²) in [5.74, 6) is -0.344. The number of thiophene rings is 1. The second-order valence-corrected chi connectivity index (χ2v) is 4.79. The van der Waals surface area contributed by atoms with Crippen LogP contribution in [0.3, 0.4) is 0 Å². The van der Waals surface area contributed by atoms with Crippen LogP contribution in [0, 0.1) is 5.13 Å². The van der Waals surface area contributed by atoms with Crippen molar-refractivity contribution in [3.05, 3.63) is 39.6 Å². The topological polar surface area (TPSA) is 59.3 Å². The number of hydrazone groups is 1. The number of carbonyl (C=O) groups is 1. The molecule has 0 bridgehead atoms. The summed E-state index contributed by atoms with van der Waals surface area (Å²) in [6, 6.07) is 2.91. The molecule has 1 N–H and O–H groups in total. The number of hydrogen-bond donors (Lipinski definition) is 1. The van der Waals surface area contributed by atoms with Crippen molar-refractivity contribution in [1.82, 2.24) is 15.2 Å². The Labute approximate surface area is 111 Å². The predicted molar refractivity (Wildman–Crippen MR) is 67.3 cm³/mol. The normalized spacial score (nSPS) is 11.0. The highest BCUT2D eigenvalue weighted by molar-refractivity contribution is 7.12. The number of rotatable bonds is 4. The van der Waals surface area contributed by atoms with Crippen molar-refractivity contribution >= 4 is 35.1 Å². The smallest absolute Gasteiger partial charge is 0.261 e. The average molecular weight is 287 g/mol. The Hall–Kier alpha value is -1.73. The Kier molecular flexibility index (Phi) is 4.06. The Morgan fingerprint density at radius 2 is 2.50 bits per heavy atom. The zero-order chi connectivity index (χ0) is 13.0. The summed E-state index contributed by atoms with van der Waals surface area (Å²) < 4.78 is 14.0. The summed E-state index contributed by atoms with van der Waals surface area (Å²) in [5.41, 5.74) is 2.31. The summed E-state index contributed by atoms with van der Waals surface area (Å²) in [6.45, 7) is 0.0167. The van der Waals surface area contributed by atoms with Gasteiger partial charge in [-0.15, -0.1) is 11.3 Å². The Morgan fingerprint density at radius 3 is 3.11 bits per heavy atom. The molecule has 2 rings (SSSR count). The van der Waals surface area contributed by atoms with Crippen molar-refractivity contribution in [1.29, 1.82) is 0 Å². The fraction of sp³-hybridized carbons (Fsp3) is 0.100. The number of nitrogens with one attached hydrogen (secondary N) is 1. The molecule has 94 valence electrons. The highest BCUT2D eigenvalue weighted by Crippen LogP contribution is 2.11. The van der Waals surface area contributed by atoms with Crippen molar-refractivity contribution in [3.8, 4) is 0 Å². The number of aromatic nitrogens is 2. The largest absolute Gasteiger partial charge is 0.271 e. The van der Waals surface area contributed by atoms with Gasteiger partial charge in [0, 0.05) is 6.20 Å². The quantitative estimate of drug-likeness (QED) is 0.689. The molecule has 0 aliphatic rings. The Bertz CT molecular complexity index is 580. The maximum atomic E-state index is 12.6. The monoisotopic (exact) mass is 286 g/mol. The molecule has 0 aliphatic heterocycles. The van der Waals surface area contributed by atoms with Gasteiger partial charge in [0.05, 0.1) is 22.3 Å². The van der Waals surface area contributed by atoms with Crippen LogP contribution in [0.5, 0.6) is 0 Å². The van der Waals surface area contributed by atoms with E-state index in [9.17, 15) is 9.18 Å². The number of nitrogens with zero attached hydrogens (tertiary/aromatic N) is 3.